The zero-order valence-corrected chi connectivity index (χ0v) is 10.3. The Morgan fingerprint density at radius 1 is 1.47 bits per heavy atom. The molecule has 1 saturated carbocycles. The average Bonchev–Trinajstić information content (AvgIpc) is 2.17. The fourth-order valence-corrected chi connectivity index (χ4v) is 3.04. The van der Waals surface area contributed by atoms with E-state index in [9.17, 15) is 0 Å². The molecule has 0 amide bonds. The summed E-state index contributed by atoms with van der Waals surface area (Å²) in [5.41, 5.74) is 4.87. The van der Waals surface area contributed by atoms with Gasteiger partial charge < -0.3 is 0 Å². The van der Waals surface area contributed by atoms with Crippen molar-refractivity contribution >= 4 is 0 Å². The van der Waals surface area contributed by atoms with Gasteiger partial charge in [-0.2, -0.15) is 0 Å². The van der Waals surface area contributed by atoms with E-state index in [0.717, 1.165) is 0 Å². The van der Waals surface area contributed by atoms with Crippen LogP contribution in [0.3, 0.4) is 0 Å². The summed E-state index contributed by atoms with van der Waals surface area (Å²) in [5.74, 6) is 0.696. The standard InChI is InChI=1S/C15H22/c1-11(2)13-7-9-15(4)8-5-6-12(3)14(15)10-13/h7,9,14H,3,5-6,8,10H2,1-2,4H3/t14?,15-/m0/s1. The van der Waals surface area contributed by atoms with Gasteiger partial charge in [0.05, 0.1) is 0 Å². The Morgan fingerprint density at radius 3 is 2.87 bits per heavy atom. The van der Waals surface area contributed by atoms with Crippen molar-refractivity contribution in [2.45, 2.75) is 46.5 Å². The minimum absolute atomic E-state index is 0.397. The van der Waals surface area contributed by atoms with Crippen LogP contribution < -0.4 is 0 Å². The second kappa shape index (κ2) is 3.66. The predicted molar refractivity (Wildman–Crippen MR) is 66.7 cm³/mol. The molecule has 82 valence electrons. The van der Waals surface area contributed by atoms with Gasteiger partial charge in [-0.05, 0) is 56.4 Å². The third kappa shape index (κ3) is 1.82. The lowest BCUT2D eigenvalue weighted by Crippen LogP contribution is -2.33. The molecule has 0 radical (unpaired) electrons. The van der Waals surface area contributed by atoms with Gasteiger partial charge in [-0.15, -0.1) is 0 Å². The normalized spacial score (nSPS) is 35.3. The van der Waals surface area contributed by atoms with Crippen LogP contribution in [0.2, 0.25) is 0 Å². The van der Waals surface area contributed by atoms with Gasteiger partial charge in [0.25, 0.3) is 0 Å². The molecule has 2 aliphatic carbocycles. The molecular formula is C15H22. The highest BCUT2D eigenvalue weighted by Crippen LogP contribution is 2.50. The molecule has 15 heavy (non-hydrogen) atoms. The first-order valence-electron chi connectivity index (χ1n) is 6.06. The van der Waals surface area contributed by atoms with Crippen LogP contribution in [0.5, 0.6) is 0 Å². The molecule has 0 aromatic rings. The highest BCUT2D eigenvalue weighted by atomic mass is 14.4. The Kier molecular flexibility index (Phi) is 2.62. The van der Waals surface area contributed by atoms with Crippen LogP contribution in [-0.2, 0) is 0 Å². The van der Waals surface area contributed by atoms with E-state index in [-0.39, 0.29) is 0 Å². The first kappa shape index (κ1) is 10.7. The first-order chi connectivity index (χ1) is 7.03. The Balaban J connectivity index is 2.36. The van der Waals surface area contributed by atoms with E-state index in [1.165, 1.54) is 42.4 Å². The highest BCUT2D eigenvalue weighted by Gasteiger charge is 2.38. The van der Waals surface area contributed by atoms with Crippen molar-refractivity contribution in [1.82, 2.24) is 0 Å². The smallest absolute Gasteiger partial charge is 0.00747 e. The van der Waals surface area contributed by atoms with Gasteiger partial charge >= 0.3 is 0 Å². The van der Waals surface area contributed by atoms with E-state index in [4.69, 9.17) is 0 Å². The topological polar surface area (TPSA) is 0 Å². The molecule has 0 saturated heterocycles. The van der Waals surface area contributed by atoms with Crippen LogP contribution in [0.25, 0.3) is 0 Å². The van der Waals surface area contributed by atoms with Gasteiger partial charge in [-0.25, -0.2) is 0 Å². The summed E-state index contributed by atoms with van der Waals surface area (Å²) in [5, 5.41) is 0. The monoisotopic (exact) mass is 202 g/mol. The molecule has 0 bridgehead atoms. The minimum atomic E-state index is 0.397. The van der Waals surface area contributed by atoms with Crippen molar-refractivity contribution in [3.8, 4) is 0 Å². The van der Waals surface area contributed by atoms with Gasteiger partial charge in [0, 0.05) is 0 Å². The Labute approximate surface area is 93.8 Å². The van der Waals surface area contributed by atoms with E-state index in [2.05, 4.69) is 39.5 Å². The van der Waals surface area contributed by atoms with Crippen molar-refractivity contribution in [1.29, 1.82) is 0 Å². The summed E-state index contributed by atoms with van der Waals surface area (Å²) in [6, 6.07) is 0. The van der Waals surface area contributed by atoms with Crippen LogP contribution in [0.4, 0.5) is 0 Å². The van der Waals surface area contributed by atoms with Gasteiger partial charge in [-0.1, -0.05) is 36.8 Å². The number of hydrogen-bond acceptors (Lipinski definition) is 0. The Morgan fingerprint density at radius 2 is 2.20 bits per heavy atom. The molecule has 0 aromatic carbocycles. The molecular weight excluding hydrogens is 180 g/mol. The highest BCUT2D eigenvalue weighted by molar-refractivity contribution is 5.34. The molecule has 1 unspecified atom stereocenters. The summed E-state index contributed by atoms with van der Waals surface area (Å²) in [6.45, 7) is 11.1. The van der Waals surface area contributed by atoms with Gasteiger partial charge in [0.1, 0.15) is 0 Å². The Hall–Kier alpha value is -0.780. The van der Waals surface area contributed by atoms with E-state index in [1.807, 2.05) is 0 Å². The van der Waals surface area contributed by atoms with Crippen LogP contribution >= 0.6 is 0 Å². The van der Waals surface area contributed by atoms with Crippen LogP contribution in [0.15, 0.2) is 35.5 Å². The summed E-state index contributed by atoms with van der Waals surface area (Å²) in [6.07, 6.45) is 9.90. The number of rotatable bonds is 0. The second-order valence-electron chi connectivity index (χ2n) is 5.63. The molecule has 0 N–H and O–H groups in total. The molecule has 0 spiro atoms. The lowest BCUT2D eigenvalue weighted by atomic mass is 9.61. The molecule has 2 aliphatic rings. The molecule has 0 heterocycles. The largest absolute Gasteiger partial charge is 0.0995 e. The van der Waals surface area contributed by atoms with E-state index >= 15 is 0 Å². The molecule has 0 aromatic heterocycles. The van der Waals surface area contributed by atoms with Gasteiger partial charge in [0.15, 0.2) is 0 Å². The van der Waals surface area contributed by atoms with E-state index in [0.29, 0.717) is 11.3 Å². The maximum atomic E-state index is 4.28. The number of hydrogen-bond donors (Lipinski definition) is 0. The van der Waals surface area contributed by atoms with Gasteiger partial charge in [-0.3, -0.25) is 0 Å². The Bertz CT molecular complexity index is 339. The molecule has 2 rings (SSSR count). The minimum Gasteiger partial charge on any atom is -0.0995 e. The van der Waals surface area contributed by atoms with Crippen LogP contribution in [0, 0.1) is 11.3 Å². The quantitative estimate of drug-likeness (QED) is 0.502. The third-order valence-electron chi connectivity index (χ3n) is 4.23. The summed E-state index contributed by atoms with van der Waals surface area (Å²) in [7, 11) is 0. The van der Waals surface area contributed by atoms with Crippen LogP contribution in [0.1, 0.15) is 46.5 Å². The summed E-state index contributed by atoms with van der Waals surface area (Å²) < 4.78 is 0. The SMILES string of the molecule is C=C1CCC[C@@]2(C)C=CC(=C(C)C)CC12. The van der Waals surface area contributed by atoms with Crippen LogP contribution in [-0.4, -0.2) is 0 Å². The van der Waals surface area contributed by atoms with Crippen molar-refractivity contribution in [2.75, 3.05) is 0 Å². The van der Waals surface area contributed by atoms with Crippen molar-refractivity contribution in [2.24, 2.45) is 11.3 Å². The zero-order valence-electron chi connectivity index (χ0n) is 10.3. The summed E-state index contributed by atoms with van der Waals surface area (Å²) in [4.78, 5) is 0. The summed E-state index contributed by atoms with van der Waals surface area (Å²) >= 11 is 0. The first-order valence-corrected chi connectivity index (χ1v) is 6.06. The molecule has 1 fully saturated rings. The fourth-order valence-electron chi connectivity index (χ4n) is 3.04. The molecule has 0 nitrogen and oxygen atoms in total. The number of fused-ring (bicyclic) bond motifs is 1. The molecule has 0 aliphatic heterocycles. The van der Waals surface area contributed by atoms with E-state index in [1.54, 1.807) is 0 Å². The average molecular weight is 202 g/mol. The molecule has 2 atom stereocenters. The maximum Gasteiger partial charge on any atom is -0.00747 e. The van der Waals surface area contributed by atoms with Gasteiger partial charge in [0.2, 0.25) is 0 Å². The lowest BCUT2D eigenvalue weighted by Gasteiger charge is -2.44. The van der Waals surface area contributed by atoms with Crippen molar-refractivity contribution in [3.05, 3.63) is 35.5 Å². The third-order valence-corrected chi connectivity index (χ3v) is 4.23. The predicted octanol–water partition coefficient (Wildman–Crippen LogP) is 4.65. The zero-order chi connectivity index (χ0) is 11.1. The van der Waals surface area contributed by atoms with Crippen molar-refractivity contribution in [3.63, 3.8) is 0 Å². The lowest BCUT2D eigenvalue weighted by molar-refractivity contribution is 0.222. The van der Waals surface area contributed by atoms with E-state index < -0.39 is 0 Å². The number of allylic oxidation sites excluding steroid dienone is 5. The van der Waals surface area contributed by atoms with Crippen molar-refractivity contribution < 1.29 is 0 Å². The maximum absolute atomic E-state index is 4.28. The molecule has 0 heteroatoms. The fraction of sp³-hybridized carbons (Fsp3) is 0.600. The second-order valence-corrected chi connectivity index (χ2v) is 5.63.